The molecule has 222 valence electrons. The van der Waals surface area contributed by atoms with Crippen molar-refractivity contribution in [2.24, 2.45) is 17.8 Å². The van der Waals surface area contributed by atoms with Gasteiger partial charge in [-0.15, -0.1) is 0 Å². The van der Waals surface area contributed by atoms with Gasteiger partial charge in [-0.25, -0.2) is 4.79 Å². The minimum Gasteiger partial charge on any atom is -0.497 e. The molecule has 7 rings (SSSR count). The van der Waals surface area contributed by atoms with Crippen LogP contribution in [-0.4, -0.2) is 55.5 Å². The first-order chi connectivity index (χ1) is 20.7. The molecule has 1 saturated heterocycles. The molecule has 0 aromatic heterocycles. The minimum atomic E-state index is -1.14. The summed E-state index contributed by atoms with van der Waals surface area (Å²) >= 11 is 0. The maximum atomic E-state index is 14.2. The van der Waals surface area contributed by atoms with Crippen molar-refractivity contribution in [2.45, 2.75) is 38.1 Å². The van der Waals surface area contributed by atoms with Gasteiger partial charge >= 0.3 is 5.97 Å². The number of nitrogens with one attached hydrogen (secondary N) is 1. The zero-order chi connectivity index (χ0) is 30.4. The Hall–Kier alpha value is -4.66. The fourth-order valence-corrected chi connectivity index (χ4v) is 7.09. The largest absolute Gasteiger partial charge is 0.497 e. The van der Waals surface area contributed by atoms with Crippen LogP contribution >= 0.6 is 0 Å². The van der Waals surface area contributed by atoms with E-state index in [1.165, 1.54) is 14.2 Å². The van der Waals surface area contributed by atoms with Gasteiger partial charge in [0.05, 0.1) is 31.7 Å². The summed E-state index contributed by atoms with van der Waals surface area (Å²) in [5.74, 6) is -2.97. The molecule has 3 aromatic rings. The van der Waals surface area contributed by atoms with Crippen LogP contribution in [0.3, 0.4) is 0 Å². The molecule has 2 bridgehead atoms. The zero-order valence-corrected chi connectivity index (χ0v) is 24.5. The number of anilines is 1. The normalized spacial score (nSPS) is 22.0. The molecule has 3 atom stereocenters. The standard InChI is InChI=1S/C34H34N2O7/c1-18(2)15-25(34(40)43-17-27(37)35-24-16-19(41-3)13-14-26(24)42-4)36-32(38)30-28-20-9-5-6-10-21(20)29(31(30)33(36)39)23-12-8-7-11-22(23)28/h5-14,16,18,25,28-31H,15,17H2,1-4H3,(H,35,37)/t25-,28?,29?,30-,31+/m0/s1. The molecule has 0 saturated carbocycles. The van der Waals surface area contributed by atoms with Gasteiger partial charge in [0.1, 0.15) is 17.5 Å². The summed E-state index contributed by atoms with van der Waals surface area (Å²) < 4.78 is 16.0. The number of imide groups is 1. The van der Waals surface area contributed by atoms with Crippen LogP contribution in [0.4, 0.5) is 5.69 Å². The van der Waals surface area contributed by atoms with Gasteiger partial charge in [0.2, 0.25) is 11.8 Å². The highest BCUT2D eigenvalue weighted by molar-refractivity contribution is 6.10. The third-order valence-corrected chi connectivity index (χ3v) is 8.79. The number of ether oxygens (including phenoxy) is 3. The zero-order valence-electron chi connectivity index (χ0n) is 24.5. The third kappa shape index (κ3) is 4.73. The highest BCUT2D eigenvalue weighted by Crippen LogP contribution is 2.61. The van der Waals surface area contributed by atoms with Crippen LogP contribution in [0.25, 0.3) is 0 Å². The van der Waals surface area contributed by atoms with E-state index in [4.69, 9.17) is 14.2 Å². The first-order valence-electron chi connectivity index (χ1n) is 14.5. The van der Waals surface area contributed by atoms with E-state index >= 15 is 0 Å². The van der Waals surface area contributed by atoms with Crippen LogP contribution in [0.15, 0.2) is 66.7 Å². The molecule has 1 aliphatic heterocycles. The van der Waals surface area contributed by atoms with E-state index in [0.717, 1.165) is 27.2 Å². The van der Waals surface area contributed by atoms with Crippen molar-refractivity contribution in [3.8, 4) is 11.5 Å². The lowest BCUT2D eigenvalue weighted by Crippen LogP contribution is -2.47. The second kappa shape index (κ2) is 11.2. The van der Waals surface area contributed by atoms with Crippen LogP contribution in [0.1, 0.15) is 54.4 Å². The van der Waals surface area contributed by atoms with Crippen LogP contribution < -0.4 is 14.8 Å². The van der Waals surface area contributed by atoms with Gasteiger partial charge < -0.3 is 19.5 Å². The maximum Gasteiger partial charge on any atom is 0.329 e. The molecule has 0 radical (unpaired) electrons. The number of methoxy groups -OCH3 is 2. The Morgan fingerprint density at radius 3 is 1.81 bits per heavy atom. The smallest absolute Gasteiger partial charge is 0.329 e. The Labute approximate surface area is 250 Å². The van der Waals surface area contributed by atoms with Crippen molar-refractivity contribution in [3.05, 3.63) is 89.0 Å². The summed E-state index contributed by atoms with van der Waals surface area (Å²) in [6, 6.07) is 19.8. The molecule has 3 aromatic carbocycles. The van der Waals surface area contributed by atoms with Gasteiger partial charge in [0.15, 0.2) is 6.61 Å². The predicted octanol–water partition coefficient (Wildman–Crippen LogP) is 4.49. The number of amides is 3. The fourth-order valence-electron chi connectivity index (χ4n) is 7.09. The topological polar surface area (TPSA) is 111 Å². The molecule has 4 aliphatic rings. The van der Waals surface area contributed by atoms with Crippen molar-refractivity contribution in [1.29, 1.82) is 0 Å². The number of esters is 1. The van der Waals surface area contributed by atoms with Gasteiger partial charge in [-0.1, -0.05) is 62.4 Å². The molecular formula is C34H34N2O7. The maximum absolute atomic E-state index is 14.2. The average molecular weight is 583 g/mol. The van der Waals surface area contributed by atoms with Gasteiger partial charge in [0.25, 0.3) is 5.91 Å². The minimum absolute atomic E-state index is 0.0261. The fraction of sp³-hybridized carbons (Fsp3) is 0.353. The van der Waals surface area contributed by atoms with Crippen molar-refractivity contribution in [1.82, 2.24) is 4.90 Å². The SMILES string of the molecule is COc1ccc(OC)c(NC(=O)COC(=O)[C@H](CC(C)C)N2C(=O)[C@@H]3C4c5ccccc5C(c5ccccc54)[C@@H]3C2=O)c1. The molecule has 9 heteroatoms. The van der Waals surface area contributed by atoms with Crippen LogP contribution in [0.2, 0.25) is 0 Å². The summed E-state index contributed by atoms with van der Waals surface area (Å²) in [5.41, 5.74) is 4.59. The lowest BCUT2D eigenvalue weighted by molar-refractivity contribution is -0.160. The Balaban J connectivity index is 1.25. The lowest BCUT2D eigenvalue weighted by atomic mass is 9.55. The molecule has 1 heterocycles. The number of carbonyl (C=O) groups is 4. The predicted molar refractivity (Wildman–Crippen MR) is 158 cm³/mol. The van der Waals surface area contributed by atoms with E-state index < -0.39 is 36.4 Å². The highest BCUT2D eigenvalue weighted by Gasteiger charge is 2.63. The molecule has 3 amide bonds. The molecule has 0 spiro atoms. The number of likely N-dealkylation sites (tertiary alicyclic amines) is 1. The Kier molecular flexibility index (Phi) is 7.42. The molecule has 1 N–H and O–H groups in total. The summed E-state index contributed by atoms with van der Waals surface area (Å²) in [7, 11) is 2.98. The van der Waals surface area contributed by atoms with E-state index in [-0.39, 0.29) is 36.0 Å². The number of hydrogen-bond donors (Lipinski definition) is 1. The van der Waals surface area contributed by atoms with Crippen molar-refractivity contribution in [2.75, 3.05) is 26.1 Å². The van der Waals surface area contributed by atoms with E-state index in [0.29, 0.717) is 17.2 Å². The van der Waals surface area contributed by atoms with E-state index in [1.54, 1.807) is 18.2 Å². The Morgan fingerprint density at radius 1 is 0.814 bits per heavy atom. The van der Waals surface area contributed by atoms with E-state index in [9.17, 15) is 19.2 Å². The molecule has 1 fully saturated rings. The first kappa shape index (κ1) is 28.5. The molecule has 9 nitrogen and oxygen atoms in total. The van der Waals surface area contributed by atoms with Gasteiger partial charge in [-0.2, -0.15) is 0 Å². The number of carbonyl (C=O) groups excluding carboxylic acids is 4. The van der Waals surface area contributed by atoms with Crippen molar-refractivity contribution >= 4 is 29.4 Å². The molecule has 3 aliphatic carbocycles. The molecular weight excluding hydrogens is 548 g/mol. The monoisotopic (exact) mass is 582 g/mol. The van der Waals surface area contributed by atoms with Gasteiger partial charge in [-0.05, 0) is 46.7 Å². The lowest BCUT2D eigenvalue weighted by Gasteiger charge is -2.45. The number of rotatable bonds is 9. The van der Waals surface area contributed by atoms with E-state index in [1.807, 2.05) is 62.4 Å². The summed E-state index contributed by atoms with van der Waals surface area (Å²) in [6.45, 7) is 3.23. The van der Waals surface area contributed by atoms with Crippen molar-refractivity contribution in [3.63, 3.8) is 0 Å². The summed E-state index contributed by atoms with van der Waals surface area (Å²) in [5, 5.41) is 2.67. The summed E-state index contributed by atoms with van der Waals surface area (Å²) in [6.07, 6.45) is 0.219. The van der Waals surface area contributed by atoms with Crippen LogP contribution in [0.5, 0.6) is 11.5 Å². The second-order valence-electron chi connectivity index (χ2n) is 11.7. The van der Waals surface area contributed by atoms with Crippen molar-refractivity contribution < 1.29 is 33.4 Å². The Bertz CT molecular complexity index is 1500. The Morgan fingerprint density at radius 2 is 1.35 bits per heavy atom. The van der Waals surface area contributed by atoms with Crippen LogP contribution in [0, 0.1) is 17.8 Å². The van der Waals surface area contributed by atoms with Gasteiger partial charge in [-0.3, -0.25) is 19.3 Å². The summed E-state index contributed by atoms with van der Waals surface area (Å²) in [4.78, 5) is 55.9. The van der Waals surface area contributed by atoms with E-state index in [2.05, 4.69) is 5.32 Å². The average Bonchev–Trinajstić information content (AvgIpc) is 3.28. The third-order valence-electron chi connectivity index (χ3n) is 8.79. The molecule has 0 unspecified atom stereocenters. The number of benzene rings is 3. The van der Waals surface area contributed by atoms with Crippen LogP contribution in [-0.2, 0) is 23.9 Å². The first-order valence-corrected chi connectivity index (χ1v) is 14.5. The molecule has 43 heavy (non-hydrogen) atoms. The number of hydrogen-bond acceptors (Lipinski definition) is 7. The van der Waals surface area contributed by atoms with Gasteiger partial charge in [0, 0.05) is 17.9 Å². The number of nitrogens with zero attached hydrogens (tertiary/aromatic N) is 1. The quantitative estimate of drug-likeness (QED) is 0.292. The second-order valence-corrected chi connectivity index (χ2v) is 11.7. The highest BCUT2D eigenvalue weighted by atomic mass is 16.5.